The topological polar surface area (TPSA) is 54.9 Å². The molecule has 106 valence electrons. The number of carbonyl (C=O) groups excluding carboxylic acids is 1. The first-order valence-electron chi connectivity index (χ1n) is 6.38. The SMILES string of the molecule is Cc1nc(CNC(=O)c2cc(Cl)nc3ccccc23)cs1. The molecule has 0 radical (unpaired) electrons. The van der Waals surface area contributed by atoms with E-state index in [1.165, 1.54) is 0 Å². The van der Waals surface area contributed by atoms with Crippen molar-refractivity contribution in [1.29, 1.82) is 0 Å². The maximum atomic E-state index is 12.4. The molecular formula is C15H12ClN3OS. The second-order valence-corrected chi connectivity index (χ2v) is 6.00. The van der Waals surface area contributed by atoms with Crippen molar-refractivity contribution in [3.63, 3.8) is 0 Å². The lowest BCUT2D eigenvalue weighted by molar-refractivity contribution is 0.0952. The van der Waals surface area contributed by atoms with Crippen LogP contribution in [0.4, 0.5) is 0 Å². The molecule has 1 aromatic carbocycles. The summed E-state index contributed by atoms with van der Waals surface area (Å²) in [5.74, 6) is -0.179. The van der Waals surface area contributed by atoms with Crippen LogP contribution in [0.2, 0.25) is 5.15 Å². The van der Waals surface area contributed by atoms with Gasteiger partial charge in [-0.15, -0.1) is 11.3 Å². The van der Waals surface area contributed by atoms with Crippen molar-refractivity contribution in [2.24, 2.45) is 0 Å². The van der Waals surface area contributed by atoms with E-state index in [9.17, 15) is 4.79 Å². The van der Waals surface area contributed by atoms with E-state index < -0.39 is 0 Å². The number of para-hydroxylation sites is 1. The van der Waals surface area contributed by atoms with Gasteiger partial charge in [0.1, 0.15) is 5.15 Å². The largest absolute Gasteiger partial charge is 0.346 e. The van der Waals surface area contributed by atoms with Gasteiger partial charge in [-0.05, 0) is 19.1 Å². The van der Waals surface area contributed by atoms with Gasteiger partial charge in [0.05, 0.1) is 28.3 Å². The zero-order valence-electron chi connectivity index (χ0n) is 11.3. The Morgan fingerprint density at radius 3 is 2.90 bits per heavy atom. The van der Waals surface area contributed by atoms with Crippen LogP contribution in [0.5, 0.6) is 0 Å². The summed E-state index contributed by atoms with van der Waals surface area (Å²) in [4.78, 5) is 20.9. The van der Waals surface area contributed by atoms with Crippen molar-refractivity contribution in [3.8, 4) is 0 Å². The average Bonchev–Trinajstić information content (AvgIpc) is 2.89. The van der Waals surface area contributed by atoms with Gasteiger partial charge >= 0.3 is 0 Å². The van der Waals surface area contributed by atoms with Crippen LogP contribution in [0.15, 0.2) is 35.7 Å². The minimum atomic E-state index is -0.179. The first-order valence-corrected chi connectivity index (χ1v) is 7.64. The van der Waals surface area contributed by atoms with Crippen LogP contribution in [-0.4, -0.2) is 15.9 Å². The molecule has 1 N–H and O–H groups in total. The highest BCUT2D eigenvalue weighted by Gasteiger charge is 2.12. The van der Waals surface area contributed by atoms with Crippen LogP contribution in [0.3, 0.4) is 0 Å². The fraction of sp³-hybridized carbons (Fsp3) is 0.133. The molecule has 0 spiro atoms. The Morgan fingerprint density at radius 2 is 2.14 bits per heavy atom. The Balaban J connectivity index is 1.87. The molecule has 2 aromatic heterocycles. The molecule has 0 bridgehead atoms. The number of hydrogen-bond donors (Lipinski definition) is 1. The van der Waals surface area contributed by atoms with Crippen molar-refractivity contribution in [3.05, 3.63) is 57.1 Å². The normalized spacial score (nSPS) is 10.8. The van der Waals surface area contributed by atoms with Crippen molar-refractivity contribution >= 4 is 39.7 Å². The molecule has 6 heteroatoms. The van der Waals surface area contributed by atoms with Crippen LogP contribution in [0.1, 0.15) is 21.1 Å². The third-order valence-corrected chi connectivity index (χ3v) is 4.04. The third-order valence-electron chi connectivity index (χ3n) is 3.03. The molecule has 0 fully saturated rings. The quantitative estimate of drug-likeness (QED) is 0.751. The number of nitrogens with one attached hydrogen (secondary N) is 1. The highest BCUT2D eigenvalue weighted by atomic mass is 35.5. The van der Waals surface area contributed by atoms with E-state index >= 15 is 0 Å². The molecule has 1 amide bonds. The van der Waals surface area contributed by atoms with Crippen LogP contribution in [0.25, 0.3) is 10.9 Å². The maximum absolute atomic E-state index is 12.4. The molecule has 0 saturated heterocycles. The Morgan fingerprint density at radius 1 is 1.33 bits per heavy atom. The van der Waals surface area contributed by atoms with Gasteiger partial charge < -0.3 is 5.32 Å². The van der Waals surface area contributed by atoms with Gasteiger partial charge in [-0.1, -0.05) is 29.8 Å². The van der Waals surface area contributed by atoms with E-state index in [4.69, 9.17) is 11.6 Å². The first-order chi connectivity index (χ1) is 10.1. The van der Waals surface area contributed by atoms with Gasteiger partial charge in [0.2, 0.25) is 0 Å². The number of hydrogen-bond acceptors (Lipinski definition) is 4. The van der Waals surface area contributed by atoms with E-state index in [1.54, 1.807) is 17.4 Å². The Kier molecular flexibility index (Phi) is 3.86. The average molecular weight is 318 g/mol. The van der Waals surface area contributed by atoms with E-state index in [1.807, 2.05) is 36.6 Å². The van der Waals surface area contributed by atoms with Crippen molar-refractivity contribution in [2.75, 3.05) is 0 Å². The number of benzene rings is 1. The minimum absolute atomic E-state index is 0.179. The van der Waals surface area contributed by atoms with E-state index in [-0.39, 0.29) is 5.91 Å². The van der Waals surface area contributed by atoms with Crippen LogP contribution in [-0.2, 0) is 6.54 Å². The fourth-order valence-electron chi connectivity index (χ4n) is 2.09. The van der Waals surface area contributed by atoms with E-state index in [2.05, 4.69) is 15.3 Å². The van der Waals surface area contributed by atoms with Gasteiger partial charge in [-0.2, -0.15) is 0 Å². The summed E-state index contributed by atoms with van der Waals surface area (Å²) in [6.45, 7) is 2.34. The van der Waals surface area contributed by atoms with Crippen molar-refractivity contribution in [1.82, 2.24) is 15.3 Å². The van der Waals surface area contributed by atoms with Gasteiger partial charge in [0.25, 0.3) is 5.91 Å². The monoisotopic (exact) mass is 317 g/mol. The summed E-state index contributed by atoms with van der Waals surface area (Å²) in [5, 5.41) is 6.88. The lowest BCUT2D eigenvalue weighted by Gasteiger charge is -2.07. The molecule has 0 saturated carbocycles. The Labute approximate surface area is 130 Å². The molecule has 4 nitrogen and oxygen atoms in total. The number of aryl methyl sites for hydroxylation is 1. The van der Waals surface area contributed by atoms with E-state index in [0.29, 0.717) is 22.8 Å². The minimum Gasteiger partial charge on any atom is -0.346 e. The highest BCUT2D eigenvalue weighted by Crippen LogP contribution is 2.20. The number of aromatic nitrogens is 2. The third kappa shape index (κ3) is 3.04. The molecule has 21 heavy (non-hydrogen) atoms. The van der Waals surface area contributed by atoms with Crippen molar-refractivity contribution < 1.29 is 4.79 Å². The number of amides is 1. The molecule has 3 rings (SSSR count). The molecule has 0 unspecified atom stereocenters. The van der Waals surface area contributed by atoms with Gasteiger partial charge in [-0.3, -0.25) is 4.79 Å². The Hall–Kier alpha value is -1.98. The summed E-state index contributed by atoms with van der Waals surface area (Å²) in [6, 6.07) is 9.03. The van der Waals surface area contributed by atoms with E-state index in [0.717, 1.165) is 16.1 Å². The number of nitrogens with zero attached hydrogens (tertiary/aromatic N) is 2. The van der Waals surface area contributed by atoms with Gasteiger partial charge in [-0.25, -0.2) is 9.97 Å². The molecule has 0 aliphatic heterocycles. The summed E-state index contributed by atoms with van der Waals surface area (Å²) in [7, 11) is 0. The number of fused-ring (bicyclic) bond motifs is 1. The summed E-state index contributed by atoms with van der Waals surface area (Å²) in [5.41, 5.74) is 2.09. The molecular weight excluding hydrogens is 306 g/mol. The second-order valence-electron chi connectivity index (χ2n) is 4.55. The highest BCUT2D eigenvalue weighted by molar-refractivity contribution is 7.09. The van der Waals surface area contributed by atoms with Gasteiger partial charge in [0.15, 0.2) is 0 Å². The predicted molar refractivity (Wildman–Crippen MR) is 84.8 cm³/mol. The summed E-state index contributed by atoms with van der Waals surface area (Å²) >= 11 is 7.55. The zero-order chi connectivity index (χ0) is 14.8. The number of thiazole rings is 1. The standard InChI is InChI=1S/C15H12ClN3OS/c1-9-18-10(8-21-9)7-17-15(20)12-6-14(16)19-13-5-3-2-4-11(12)13/h2-6,8H,7H2,1H3,(H,17,20). The van der Waals surface area contributed by atoms with Gasteiger partial charge in [0, 0.05) is 10.8 Å². The molecule has 0 aliphatic carbocycles. The molecule has 0 atom stereocenters. The number of pyridine rings is 1. The fourth-order valence-corrected chi connectivity index (χ4v) is 2.90. The van der Waals surface area contributed by atoms with Crippen LogP contribution < -0.4 is 5.32 Å². The van der Waals surface area contributed by atoms with Crippen LogP contribution in [0, 0.1) is 6.92 Å². The predicted octanol–water partition coefficient (Wildman–Crippen LogP) is 3.58. The summed E-state index contributed by atoms with van der Waals surface area (Å²) < 4.78 is 0. The first kappa shape index (κ1) is 14.0. The lowest BCUT2D eigenvalue weighted by Crippen LogP contribution is -2.23. The van der Waals surface area contributed by atoms with Crippen LogP contribution >= 0.6 is 22.9 Å². The maximum Gasteiger partial charge on any atom is 0.252 e. The zero-order valence-corrected chi connectivity index (χ0v) is 12.8. The second kappa shape index (κ2) is 5.79. The molecule has 3 aromatic rings. The Bertz CT molecular complexity index is 816. The molecule has 0 aliphatic rings. The summed E-state index contributed by atoms with van der Waals surface area (Å²) in [6.07, 6.45) is 0. The van der Waals surface area contributed by atoms with Crippen molar-refractivity contribution in [2.45, 2.75) is 13.5 Å². The molecule has 2 heterocycles. The smallest absolute Gasteiger partial charge is 0.252 e. The number of halogens is 1. The number of rotatable bonds is 3. The lowest BCUT2D eigenvalue weighted by atomic mass is 10.1. The number of carbonyl (C=O) groups is 1.